The van der Waals surface area contributed by atoms with Crippen molar-refractivity contribution in [1.29, 1.82) is 0 Å². The van der Waals surface area contributed by atoms with Gasteiger partial charge < -0.3 is 4.74 Å². The van der Waals surface area contributed by atoms with Gasteiger partial charge in [0.15, 0.2) is 0 Å². The zero-order valence-corrected chi connectivity index (χ0v) is 6.76. The Bertz CT molecular complexity index is 56.3. The van der Waals surface area contributed by atoms with E-state index in [4.69, 9.17) is 12.4 Å². The zero-order chi connectivity index (χ0) is 6.83. The first-order valence-corrected chi connectivity index (χ1v) is 3.72. The Balaban J connectivity index is 0. The van der Waals surface area contributed by atoms with Gasteiger partial charge in [-0.1, -0.05) is 0 Å². The molecule has 0 fully saturated rings. The molecule has 0 unspecified atom stereocenters. The Morgan fingerprint density at radius 3 is 1.50 bits per heavy atom. The Hall–Kier alpha value is 0.0795. The molecule has 0 heterocycles. The monoisotopic (exact) mass is 186 g/mol. The fourth-order valence-corrected chi connectivity index (χ4v) is 0.204. The summed E-state index contributed by atoms with van der Waals surface area (Å²) in [5.41, 5.74) is 0. The van der Waals surface area contributed by atoms with Gasteiger partial charge >= 0.3 is 22.5 Å². The van der Waals surface area contributed by atoms with E-state index < -0.39 is 14.8 Å². The summed E-state index contributed by atoms with van der Waals surface area (Å²) >= 11 is -1.62. The summed E-state index contributed by atoms with van der Waals surface area (Å²) in [6.45, 7) is 5.67. The molecule has 0 aromatic rings. The Morgan fingerprint density at radius 2 is 1.50 bits per heavy atom. The second-order valence-corrected chi connectivity index (χ2v) is 1.14. The van der Waals surface area contributed by atoms with Crippen LogP contribution in [0.3, 0.4) is 0 Å². The number of hydrogen-bond acceptors (Lipinski definition) is 3. The molecule has 0 aliphatic heterocycles. The Kier molecular flexibility index (Phi) is 21.5. The predicted octanol–water partition coefficient (Wildman–Crippen LogP) is 0.424. The van der Waals surface area contributed by atoms with Crippen LogP contribution in [0.5, 0.6) is 0 Å². The minimum atomic E-state index is -1.62. The van der Waals surface area contributed by atoms with Crippen LogP contribution >= 0.6 is 0 Å². The molecule has 0 spiro atoms. The van der Waals surface area contributed by atoms with Crippen LogP contribution in [0.15, 0.2) is 0 Å². The molecular formula is C4H10O3Se. The molecule has 0 aromatic carbocycles. The molecule has 8 heavy (non-hydrogen) atoms. The molecule has 0 aliphatic rings. The van der Waals surface area contributed by atoms with E-state index in [2.05, 4.69) is 0 Å². The molecular weight excluding hydrogens is 175 g/mol. The molecule has 0 aliphatic carbocycles. The van der Waals surface area contributed by atoms with Crippen LogP contribution in [-0.2, 0) is 12.4 Å². The topological polar surface area (TPSA) is 43.4 Å². The molecule has 0 saturated carbocycles. The Morgan fingerprint density at radius 1 is 1.25 bits per heavy atom. The van der Waals surface area contributed by atoms with Crippen LogP contribution in [0.4, 0.5) is 0 Å². The van der Waals surface area contributed by atoms with Gasteiger partial charge in [0.25, 0.3) is 0 Å². The SMILES string of the molecule is CCOCC.O=[Se]=O. The van der Waals surface area contributed by atoms with E-state index in [-0.39, 0.29) is 0 Å². The molecule has 0 amide bonds. The van der Waals surface area contributed by atoms with Gasteiger partial charge in [0.1, 0.15) is 0 Å². The third-order valence-electron chi connectivity index (χ3n) is 0.408. The van der Waals surface area contributed by atoms with Crippen LogP contribution in [-0.4, -0.2) is 28.0 Å². The van der Waals surface area contributed by atoms with Crippen molar-refractivity contribution in [3.8, 4) is 0 Å². The maximum atomic E-state index is 8.44. The van der Waals surface area contributed by atoms with Gasteiger partial charge in [-0.05, 0) is 13.8 Å². The van der Waals surface area contributed by atoms with Crippen molar-refractivity contribution in [1.82, 2.24) is 0 Å². The first kappa shape index (κ1) is 11.0. The van der Waals surface area contributed by atoms with E-state index >= 15 is 0 Å². The van der Waals surface area contributed by atoms with Gasteiger partial charge in [-0.2, -0.15) is 0 Å². The van der Waals surface area contributed by atoms with Crippen molar-refractivity contribution in [3.63, 3.8) is 0 Å². The quantitative estimate of drug-likeness (QED) is 0.585. The van der Waals surface area contributed by atoms with Crippen molar-refractivity contribution in [3.05, 3.63) is 0 Å². The van der Waals surface area contributed by atoms with Gasteiger partial charge in [-0.15, -0.1) is 0 Å². The van der Waals surface area contributed by atoms with Crippen molar-refractivity contribution in [2.24, 2.45) is 0 Å². The normalized spacial score (nSPS) is 6.75. The van der Waals surface area contributed by atoms with Crippen molar-refractivity contribution >= 4 is 14.8 Å². The molecule has 0 bridgehead atoms. The van der Waals surface area contributed by atoms with Gasteiger partial charge in [-0.3, -0.25) is 0 Å². The molecule has 0 saturated heterocycles. The van der Waals surface area contributed by atoms with E-state index in [1.54, 1.807) is 0 Å². The maximum absolute atomic E-state index is 8.44. The van der Waals surface area contributed by atoms with Crippen molar-refractivity contribution in [2.45, 2.75) is 13.8 Å². The van der Waals surface area contributed by atoms with Crippen LogP contribution in [0, 0.1) is 0 Å². The van der Waals surface area contributed by atoms with E-state index in [0.29, 0.717) is 0 Å². The number of rotatable bonds is 2. The third kappa shape index (κ3) is 36.3. The minimum absolute atomic E-state index is 0.844. The molecule has 0 atom stereocenters. The van der Waals surface area contributed by atoms with Gasteiger partial charge in [-0.25, -0.2) is 0 Å². The van der Waals surface area contributed by atoms with Crippen molar-refractivity contribution < 1.29 is 12.4 Å². The molecule has 0 N–H and O–H groups in total. The molecule has 0 radical (unpaired) electrons. The average Bonchev–Trinajstić information content (AvgIpc) is 1.71. The fraction of sp³-hybridized carbons (Fsp3) is 1.00. The third-order valence-corrected chi connectivity index (χ3v) is 0.408. The predicted molar refractivity (Wildman–Crippen MR) is 29.3 cm³/mol. The number of hydrogen-bond donors (Lipinski definition) is 0. The van der Waals surface area contributed by atoms with Crippen molar-refractivity contribution in [2.75, 3.05) is 13.2 Å². The first-order valence-electron chi connectivity index (χ1n) is 2.32. The molecule has 3 nitrogen and oxygen atoms in total. The Labute approximate surface area is 55.0 Å². The fourth-order valence-electron chi connectivity index (χ4n) is 0.204. The van der Waals surface area contributed by atoms with E-state index in [1.807, 2.05) is 13.8 Å². The second-order valence-electron chi connectivity index (χ2n) is 0.850. The van der Waals surface area contributed by atoms with Crippen LogP contribution in [0.25, 0.3) is 0 Å². The molecule has 50 valence electrons. The summed E-state index contributed by atoms with van der Waals surface area (Å²) in [4.78, 5) is 0. The summed E-state index contributed by atoms with van der Waals surface area (Å²) in [7, 11) is 0. The second kappa shape index (κ2) is 15.7. The summed E-state index contributed by atoms with van der Waals surface area (Å²) in [5.74, 6) is 0. The van der Waals surface area contributed by atoms with E-state index in [1.165, 1.54) is 0 Å². The summed E-state index contributed by atoms with van der Waals surface area (Å²) in [6.07, 6.45) is 0. The zero-order valence-electron chi connectivity index (χ0n) is 5.05. The van der Waals surface area contributed by atoms with Crippen LogP contribution in [0.2, 0.25) is 0 Å². The summed E-state index contributed by atoms with van der Waals surface area (Å²) < 4.78 is 21.7. The van der Waals surface area contributed by atoms with Gasteiger partial charge in [0.05, 0.1) is 0 Å². The molecule has 4 heteroatoms. The van der Waals surface area contributed by atoms with E-state index in [9.17, 15) is 0 Å². The summed E-state index contributed by atoms with van der Waals surface area (Å²) in [5, 5.41) is 0. The van der Waals surface area contributed by atoms with Crippen LogP contribution in [0.1, 0.15) is 13.8 Å². The van der Waals surface area contributed by atoms with Gasteiger partial charge in [0.2, 0.25) is 0 Å². The standard InChI is InChI=1S/C4H10O.O2Se/c1-3-5-4-2;1-3-2/h3-4H2,1-2H3;. The number of ether oxygens (including phenoxy) is 1. The molecule has 0 rings (SSSR count). The van der Waals surface area contributed by atoms with Crippen LogP contribution < -0.4 is 0 Å². The average molecular weight is 185 g/mol. The van der Waals surface area contributed by atoms with Gasteiger partial charge in [0, 0.05) is 13.2 Å². The summed E-state index contributed by atoms with van der Waals surface area (Å²) in [6, 6.07) is 0. The first-order chi connectivity index (χ1) is 3.83. The molecule has 0 aromatic heterocycles. The van der Waals surface area contributed by atoms with E-state index in [0.717, 1.165) is 13.2 Å².